The summed E-state index contributed by atoms with van der Waals surface area (Å²) in [7, 11) is -3.56. The molecule has 1 aromatic rings. The molecule has 29 heavy (non-hydrogen) atoms. The van der Waals surface area contributed by atoms with Crippen LogP contribution in [-0.2, 0) is 14.8 Å². The van der Waals surface area contributed by atoms with E-state index in [1.165, 1.54) is 4.31 Å². The van der Waals surface area contributed by atoms with E-state index >= 15 is 0 Å². The fourth-order valence-corrected chi connectivity index (χ4v) is 4.81. The van der Waals surface area contributed by atoms with Crippen molar-refractivity contribution in [1.29, 1.82) is 0 Å². The summed E-state index contributed by atoms with van der Waals surface area (Å²) >= 11 is 0. The minimum atomic E-state index is -3.56. The summed E-state index contributed by atoms with van der Waals surface area (Å²) in [6, 6.07) is 5.75. The summed E-state index contributed by atoms with van der Waals surface area (Å²) in [4.78, 5) is 14.9. The number of sulfonamides is 1. The minimum absolute atomic E-state index is 0.177. The van der Waals surface area contributed by atoms with E-state index in [1.54, 1.807) is 18.2 Å². The molecule has 0 aromatic heterocycles. The van der Waals surface area contributed by atoms with Gasteiger partial charge in [-0.15, -0.1) is 0 Å². The van der Waals surface area contributed by atoms with E-state index in [4.69, 9.17) is 0 Å². The largest absolute Gasteiger partial charge is 0.325 e. The normalized spacial score (nSPS) is 12.4. The molecule has 0 fully saturated rings. The highest BCUT2D eigenvalue weighted by molar-refractivity contribution is 7.89. The predicted molar refractivity (Wildman–Crippen MR) is 120 cm³/mol. The second-order valence-electron chi connectivity index (χ2n) is 7.72. The van der Waals surface area contributed by atoms with Gasteiger partial charge in [-0.25, -0.2) is 8.42 Å². The van der Waals surface area contributed by atoms with Crippen LogP contribution in [0.4, 0.5) is 5.69 Å². The van der Waals surface area contributed by atoms with Crippen LogP contribution in [0.25, 0.3) is 0 Å². The number of carbonyl (C=O) groups is 1. The number of anilines is 1. The van der Waals surface area contributed by atoms with Crippen LogP contribution in [0.1, 0.15) is 47.1 Å². The zero-order valence-electron chi connectivity index (χ0n) is 18.9. The Balaban J connectivity index is 2.73. The number of hydrogen-bond donors (Lipinski definition) is 2. The second-order valence-corrected chi connectivity index (χ2v) is 9.65. The van der Waals surface area contributed by atoms with Gasteiger partial charge in [-0.1, -0.05) is 19.9 Å². The van der Waals surface area contributed by atoms with E-state index in [-0.39, 0.29) is 17.3 Å². The molecule has 0 bridgehead atoms. The van der Waals surface area contributed by atoms with E-state index < -0.39 is 10.0 Å². The summed E-state index contributed by atoms with van der Waals surface area (Å²) < 4.78 is 26.9. The highest BCUT2D eigenvalue weighted by Crippen LogP contribution is 2.23. The molecule has 166 valence electrons. The molecule has 0 atom stereocenters. The molecular weight excluding hydrogens is 388 g/mol. The molecule has 8 heteroatoms. The van der Waals surface area contributed by atoms with Crippen molar-refractivity contribution in [3.63, 3.8) is 0 Å². The van der Waals surface area contributed by atoms with Gasteiger partial charge in [0.25, 0.3) is 0 Å². The summed E-state index contributed by atoms with van der Waals surface area (Å²) in [5.41, 5.74) is 1.35. The number of nitrogens with one attached hydrogen (secondary N) is 2. The maximum atomic E-state index is 12.7. The first kappa shape index (κ1) is 25.6. The third-order valence-corrected chi connectivity index (χ3v) is 7.03. The quantitative estimate of drug-likeness (QED) is 0.502. The van der Waals surface area contributed by atoms with Gasteiger partial charge in [0.1, 0.15) is 0 Å². The number of nitrogens with zero attached hydrogens (tertiary/aromatic N) is 2. The van der Waals surface area contributed by atoms with Gasteiger partial charge in [-0.3, -0.25) is 9.69 Å². The van der Waals surface area contributed by atoms with Crippen LogP contribution in [0.3, 0.4) is 0 Å². The van der Waals surface area contributed by atoms with E-state index in [2.05, 4.69) is 43.2 Å². The second kappa shape index (κ2) is 11.6. The number of rotatable bonds is 12. The molecule has 0 saturated carbocycles. The van der Waals surface area contributed by atoms with E-state index in [0.29, 0.717) is 37.4 Å². The van der Waals surface area contributed by atoms with Gasteiger partial charge < -0.3 is 10.6 Å². The Hall–Kier alpha value is -1.48. The van der Waals surface area contributed by atoms with Gasteiger partial charge in [-0.05, 0) is 52.3 Å². The molecule has 2 N–H and O–H groups in total. The molecule has 1 amide bonds. The molecule has 0 aliphatic carbocycles. The van der Waals surface area contributed by atoms with Crippen molar-refractivity contribution in [3.05, 3.63) is 23.8 Å². The lowest BCUT2D eigenvalue weighted by atomic mass is 10.2. The Bertz CT molecular complexity index is 751. The van der Waals surface area contributed by atoms with E-state index in [9.17, 15) is 13.2 Å². The zero-order valence-corrected chi connectivity index (χ0v) is 19.8. The molecule has 0 radical (unpaired) electrons. The third kappa shape index (κ3) is 7.37. The monoisotopic (exact) mass is 426 g/mol. The summed E-state index contributed by atoms with van der Waals surface area (Å²) in [6.07, 6.45) is 0. The lowest BCUT2D eigenvalue weighted by Crippen LogP contribution is -2.42. The maximum absolute atomic E-state index is 12.7. The van der Waals surface area contributed by atoms with Crippen molar-refractivity contribution in [2.75, 3.05) is 38.0 Å². The molecule has 0 heterocycles. The van der Waals surface area contributed by atoms with Crippen molar-refractivity contribution in [2.45, 2.75) is 65.4 Å². The van der Waals surface area contributed by atoms with E-state index in [1.807, 2.05) is 20.8 Å². The van der Waals surface area contributed by atoms with Crippen LogP contribution in [0.2, 0.25) is 0 Å². The summed E-state index contributed by atoms with van der Waals surface area (Å²) in [5.74, 6) is -0.189. The van der Waals surface area contributed by atoms with Crippen LogP contribution >= 0.6 is 0 Å². The van der Waals surface area contributed by atoms with Crippen LogP contribution in [-0.4, -0.2) is 68.3 Å². The van der Waals surface area contributed by atoms with Crippen molar-refractivity contribution in [1.82, 2.24) is 14.5 Å². The number of benzene rings is 1. The first-order valence-corrected chi connectivity index (χ1v) is 11.9. The number of amides is 1. The Labute approximate surface area is 176 Å². The Morgan fingerprint density at radius 3 is 2.17 bits per heavy atom. The zero-order chi connectivity index (χ0) is 22.2. The number of aryl methyl sites for hydroxylation is 1. The van der Waals surface area contributed by atoms with Crippen molar-refractivity contribution in [3.8, 4) is 0 Å². The van der Waals surface area contributed by atoms with Crippen LogP contribution in [0.5, 0.6) is 0 Å². The third-order valence-electron chi connectivity index (χ3n) is 4.99. The lowest BCUT2D eigenvalue weighted by molar-refractivity contribution is -0.115. The van der Waals surface area contributed by atoms with E-state index in [0.717, 1.165) is 12.1 Å². The Morgan fingerprint density at radius 2 is 1.66 bits per heavy atom. The van der Waals surface area contributed by atoms with Crippen LogP contribution in [0, 0.1) is 6.92 Å². The summed E-state index contributed by atoms with van der Waals surface area (Å²) in [6.45, 7) is 16.7. The molecule has 0 aliphatic heterocycles. The predicted octanol–water partition coefficient (Wildman–Crippen LogP) is 2.67. The fraction of sp³-hybridized carbons (Fsp3) is 0.667. The minimum Gasteiger partial charge on any atom is -0.325 e. The van der Waals surface area contributed by atoms with Gasteiger partial charge >= 0.3 is 0 Å². The van der Waals surface area contributed by atoms with Crippen LogP contribution < -0.4 is 10.6 Å². The van der Waals surface area contributed by atoms with Crippen molar-refractivity contribution < 1.29 is 13.2 Å². The SMILES string of the molecule is CCN(CC)S(=O)(=O)c1ccc(C)c(NC(=O)CNCCN(C(C)C)C(C)C)c1. The molecule has 7 nitrogen and oxygen atoms in total. The fourth-order valence-electron chi connectivity index (χ4n) is 3.33. The highest BCUT2D eigenvalue weighted by Gasteiger charge is 2.22. The molecule has 1 rings (SSSR count). The highest BCUT2D eigenvalue weighted by atomic mass is 32.2. The lowest BCUT2D eigenvalue weighted by Gasteiger charge is -2.30. The molecule has 0 aliphatic rings. The van der Waals surface area contributed by atoms with Gasteiger partial charge in [0, 0.05) is 44.0 Å². The molecule has 1 aromatic carbocycles. The van der Waals surface area contributed by atoms with Crippen molar-refractivity contribution in [2.24, 2.45) is 0 Å². The number of carbonyl (C=O) groups excluding carboxylic acids is 1. The first-order valence-electron chi connectivity index (χ1n) is 10.4. The average molecular weight is 427 g/mol. The van der Waals surface area contributed by atoms with Gasteiger partial charge in [-0.2, -0.15) is 4.31 Å². The topological polar surface area (TPSA) is 81.8 Å². The molecule has 0 spiro atoms. The molecule has 0 saturated heterocycles. The smallest absolute Gasteiger partial charge is 0.243 e. The average Bonchev–Trinajstić information content (AvgIpc) is 2.63. The number of hydrogen-bond acceptors (Lipinski definition) is 5. The van der Waals surface area contributed by atoms with Gasteiger partial charge in [0.2, 0.25) is 15.9 Å². The Morgan fingerprint density at radius 1 is 1.07 bits per heavy atom. The van der Waals surface area contributed by atoms with Gasteiger partial charge in [0.15, 0.2) is 0 Å². The maximum Gasteiger partial charge on any atom is 0.243 e. The summed E-state index contributed by atoms with van der Waals surface area (Å²) in [5, 5.41) is 6.00. The first-order chi connectivity index (χ1) is 13.5. The Kier molecular flexibility index (Phi) is 10.3. The van der Waals surface area contributed by atoms with Crippen LogP contribution in [0.15, 0.2) is 23.1 Å². The van der Waals surface area contributed by atoms with Gasteiger partial charge in [0.05, 0.1) is 11.4 Å². The van der Waals surface area contributed by atoms with Crippen molar-refractivity contribution >= 4 is 21.6 Å². The molecule has 0 unspecified atom stereocenters. The molecular formula is C21H38N4O3S. The standard InChI is InChI=1S/C21H38N4O3S/c1-8-24(9-2)29(27,28)19-11-10-18(7)20(14-19)23-21(26)15-22-12-13-25(16(3)4)17(5)6/h10-11,14,16-17,22H,8-9,12-13,15H2,1-7H3,(H,23,26).